The van der Waals surface area contributed by atoms with Gasteiger partial charge in [-0.1, -0.05) is 18.2 Å². The number of rotatable bonds is 3. The maximum atomic E-state index is 12.6. The lowest BCUT2D eigenvalue weighted by molar-refractivity contribution is -0.140. The van der Waals surface area contributed by atoms with Crippen molar-refractivity contribution in [2.45, 2.75) is 18.4 Å². The maximum Gasteiger partial charge on any atom is 0.256 e. The predicted octanol–water partition coefficient (Wildman–Crippen LogP) is 2.79. The number of ether oxygens (including phenoxy) is 1. The first-order chi connectivity index (χ1) is 10.2. The van der Waals surface area contributed by atoms with Crippen molar-refractivity contribution in [1.82, 2.24) is 10.3 Å². The molecule has 1 aromatic carbocycles. The minimum atomic E-state index is -0.739. The Morgan fingerprint density at radius 2 is 1.96 bits per heavy atom. The first kappa shape index (κ1) is 19.6. The van der Waals surface area contributed by atoms with E-state index in [2.05, 4.69) is 15.6 Å². The number of anilines is 1. The zero-order chi connectivity index (χ0) is 14.7. The summed E-state index contributed by atoms with van der Waals surface area (Å²) < 4.78 is 5.53. The Balaban J connectivity index is 0.00000132. The Kier molecular flexibility index (Phi) is 7.22. The predicted molar refractivity (Wildman–Crippen MR) is 96.7 cm³/mol. The van der Waals surface area contributed by atoms with Crippen molar-refractivity contribution in [2.75, 3.05) is 25.5 Å². The molecule has 1 amide bonds. The summed E-state index contributed by atoms with van der Waals surface area (Å²) in [5.41, 5.74) is 0.879. The number of benzene rings is 1. The number of para-hydroxylation sites is 1. The number of carbonyl (C=O) groups excluding carboxylic acids is 1. The van der Waals surface area contributed by atoms with Crippen molar-refractivity contribution in [3.8, 4) is 0 Å². The zero-order valence-corrected chi connectivity index (χ0v) is 14.5. The van der Waals surface area contributed by atoms with Gasteiger partial charge in [-0.05, 0) is 38.1 Å². The molecule has 1 saturated heterocycles. The third-order valence-electron chi connectivity index (χ3n) is 4.06. The average Bonchev–Trinajstić information content (AvgIpc) is 2.55. The van der Waals surface area contributed by atoms with Gasteiger partial charge in [0.2, 0.25) is 0 Å². The van der Waals surface area contributed by atoms with Gasteiger partial charge in [-0.15, -0.1) is 24.8 Å². The Bertz CT molecular complexity index is 661. The molecule has 1 aliphatic heterocycles. The highest BCUT2D eigenvalue weighted by Crippen LogP contribution is 2.25. The molecule has 5 nitrogen and oxygen atoms in total. The first-order valence-electron chi connectivity index (χ1n) is 7.16. The Hall–Kier alpha value is -1.40. The molecular weight excluding hydrogens is 337 g/mol. The number of hydrogen-bond acceptors (Lipinski definition) is 4. The molecule has 0 bridgehead atoms. The molecule has 126 valence electrons. The molecule has 0 radical (unpaired) electrons. The van der Waals surface area contributed by atoms with E-state index in [0.29, 0.717) is 18.5 Å². The van der Waals surface area contributed by atoms with E-state index < -0.39 is 5.60 Å². The van der Waals surface area contributed by atoms with Crippen LogP contribution in [0.4, 0.5) is 5.69 Å². The van der Waals surface area contributed by atoms with Crippen LogP contribution in [0.15, 0.2) is 36.5 Å². The number of amides is 1. The van der Waals surface area contributed by atoms with Gasteiger partial charge in [0, 0.05) is 12.5 Å². The standard InChI is InChI=1S/C16H19N3O2.2ClH/c1-21-16(6-8-17-9-7-16)15(20)19-13-10-12-4-2-3-5-14(12)18-11-13;;/h2-5,10-11,17H,6-9H2,1H3,(H,19,20);2*1H. The third-order valence-corrected chi connectivity index (χ3v) is 4.06. The number of hydrogen-bond donors (Lipinski definition) is 2. The van der Waals surface area contributed by atoms with Gasteiger partial charge < -0.3 is 15.4 Å². The largest absolute Gasteiger partial charge is 0.368 e. The summed E-state index contributed by atoms with van der Waals surface area (Å²) in [6, 6.07) is 9.77. The van der Waals surface area contributed by atoms with E-state index in [9.17, 15) is 4.79 Å². The molecule has 1 fully saturated rings. The van der Waals surface area contributed by atoms with Crippen LogP contribution in [0, 0.1) is 0 Å². The fourth-order valence-corrected chi connectivity index (χ4v) is 2.74. The summed E-state index contributed by atoms with van der Waals surface area (Å²) in [4.78, 5) is 16.9. The molecule has 2 N–H and O–H groups in total. The molecule has 1 aliphatic rings. The van der Waals surface area contributed by atoms with Crippen LogP contribution >= 0.6 is 24.8 Å². The summed E-state index contributed by atoms with van der Waals surface area (Å²) in [6.45, 7) is 1.58. The molecule has 0 spiro atoms. The van der Waals surface area contributed by atoms with Crippen LogP contribution in [0.25, 0.3) is 10.9 Å². The van der Waals surface area contributed by atoms with Crippen molar-refractivity contribution < 1.29 is 9.53 Å². The van der Waals surface area contributed by atoms with Gasteiger partial charge in [-0.2, -0.15) is 0 Å². The summed E-state index contributed by atoms with van der Waals surface area (Å²) in [6.07, 6.45) is 3.04. The summed E-state index contributed by atoms with van der Waals surface area (Å²) >= 11 is 0. The highest BCUT2D eigenvalue weighted by atomic mass is 35.5. The highest BCUT2D eigenvalue weighted by Gasteiger charge is 2.39. The quantitative estimate of drug-likeness (QED) is 0.886. The fourth-order valence-electron chi connectivity index (χ4n) is 2.74. The van der Waals surface area contributed by atoms with E-state index in [4.69, 9.17) is 4.74 Å². The van der Waals surface area contributed by atoms with Crippen LogP contribution in [-0.4, -0.2) is 36.7 Å². The van der Waals surface area contributed by atoms with E-state index in [-0.39, 0.29) is 30.7 Å². The van der Waals surface area contributed by atoms with E-state index >= 15 is 0 Å². The number of halogens is 2. The molecule has 3 rings (SSSR count). The second-order valence-corrected chi connectivity index (χ2v) is 5.32. The lowest BCUT2D eigenvalue weighted by atomic mass is 9.91. The Morgan fingerprint density at radius 1 is 1.26 bits per heavy atom. The van der Waals surface area contributed by atoms with Crippen molar-refractivity contribution >= 4 is 47.3 Å². The molecule has 1 aromatic heterocycles. The maximum absolute atomic E-state index is 12.6. The van der Waals surface area contributed by atoms with Crippen LogP contribution < -0.4 is 10.6 Å². The smallest absolute Gasteiger partial charge is 0.256 e. The highest BCUT2D eigenvalue weighted by molar-refractivity contribution is 5.98. The summed E-state index contributed by atoms with van der Waals surface area (Å²) in [7, 11) is 1.60. The van der Waals surface area contributed by atoms with Crippen LogP contribution in [0.1, 0.15) is 12.8 Å². The van der Waals surface area contributed by atoms with Crippen LogP contribution in [-0.2, 0) is 9.53 Å². The topological polar surface area (TPSA) is 63.2 Å². The van der Waals surface area contributed by atoms with Gasteiger partial charge in [-0.25, -0.2) is 0 Å². The second kappa shape index (κ2) is 8.45. The second-order valence-electron chi connectivity index (χ2n) is 5.32. The molecule has 0 aliphatic carbocycles. The van der Waals surface area contributed by atoms with E-state index in [0.717, 1.165) is 24.0 Å². The average molecular weight is 358 g/mol. The zero-order valence-electron chi connectivity index (χ0n) is 12.9. The molecular formula is C16H21Cl2N3O2. The minimum absolute atomic E-state index is 0. The number of nitrogens with zero attached hydrogens (tertiary/aromatic N) is 1. The Labute approximate surface area is 148 Å². The van der Waals surface area contributed by atoms with Gasteiger partial charge in [0.25, 0.3) is 5.91 Å². The Morgan fingerprint density at radius 3 is 2.65 bits per heavy atom. The van der Waals surface area contributed by atoms with E-state index in [1.165, 1.54) is 0 Å². The number of fused-ring (bicyclic) bond motifs is 1. The van der Waals surface area contributed by atoms with E-state index in [1.807, 2.05) is 30.3 Å². The van der Waals surface area contributed by atoms with Crippen LogP contribution in [0.2, 0.25) is 0 Å². The fraction of sp³-hybridized carbons (Fsp3) is 0.375. The number of carbonyl (C=O) groups is 1. The molecule has 2 heterocycles. The van der Waals surface area contributed by atoms with Gasteiger partial charge in [0.1, 0.15) is 5.60 Å². The lowest BCUT2D eigenvalue weighted by Gasteiger charge is -2.34. The SMILES string of the molecule is COC1(C(=O)Nc2cnc3ccccc3c2)CCNCC1.Cl.Cl. The van der Waals surface area contributed by atoms with Crippen molar-refractivity contribution in [1.29, 1.82) is 0 Å². The number of aromatic nitrogens is 1. The third kappa shape index (κ3) is 4.12. The monoisotopic (exact) mass is 357 g/mol. The first-order valence-corrected chi connectivity index (χ1v) is 7.16. The van der Waals surface area contributed by atoms with Crippen molar-refractivity contribution in [3.63, 3.8) is 0 Å². The van der Waals surface area contributed by atoms with Gasteiger partial charge in [0.15, 0.2) is 0 Å². The molecule has 0 unspecified atom stereocenters. The molecule has 0 atom stereocenters. The summed E-state index contributed by atoms with van der Waals surface area (Å²) in [5, 5.41) is 7.19. The lowest BCUT2D eigenvalue weighted by Crippen LogP contribution is -2.51. The number of pyridine rings is 1. The molecule has 23 heavy (non-hydrogen) atoms. The van der Waals surface area contributed by atoms with Crippen LogP contribution in [0.3, 0.4) is 0 Å². The minimum Gasteiger partial charge on any atom is -0.368 e. The molecule has 7 heteroatoms. The number of methoxy groups -OCH3 is 1. The van der Waals surface area contributed by atoms with Crippen molar-refractivity contribution in [3.05, 3.63) is 36.5 Å². The number of piperidine rings is 1. The van der Waals surface area contributed by atoms with Gasteiger partial charge >= 0.3 is 0 Å². The molecule has 2 aromatic rings. The normalized spacial score (nSPS) is 16.0. The van der Waals surface area contributed by atoms with Crippen molar-refractivity contribution in [2.24, 2.45) is 0 Å². The molecule has 0 saturated carbocycles. The summed E-state index contributed by atoms with van der Waals surface area (Å²) in [5.74, 6) is -0.0939. The number of nitrogens with one attached hydrogen (secondary N) is 2. The van der Waals surface area contributed by atoms with Gasteiger partial charge in [0.05, 0.1) is 17.4 Å². The van der Waals surface area contributed by atoms with Crippen LogP contribution in [0.5, 0.6) is 0 Å². The van der Waals surface area contributed by atoms with E-state index in [1.54, 1.807) is 13.3 Å². The van der Waals surface area contributed by atoms with Gasteiger partial charge in [-0.3, -0.25) is 9.78 Å².